The summed E-state index contributed by atoms with van der Waals surface area (Å²) in [6, 6.07) is 5.49. The van der Waals surface area contributed by atoms with Gasteiger partial charge in [-0.15, -0.1) is 0 Å². The number of carbonyl (C=O) groups is 1. The monoisotopic (exact) mass is 250 g/mol. The average Bonchev–Trinajstić information content (AvgIpc) is 2.34. The third-order valence-electron chi connectivity index (χ3n) is 2.74. The molecule has 0 bridgehead atoms. The summed E-state index contributed by atoms with van der Waals surface area (Å²) in [7, 11) is 5.65. The molecule has 0 heterocycles. The number of amides is 1. The van der Waals surface area contributed by atoms with E-state index in [2.05, 4.69) is 10.2 Å². The van der Waals surface area contributed by atoms with Crippen LogP contribution < -0.4 is 10.1 Å². The van der Waals surface area contributed by atoms with Crippen molar-refractivity contribution in [2.45, 2.75) is 13.3 Å². The summed E-state index contributed by atoms with van der Waals surface area (Å²) in [6.45, 7) is 3.61. The fraction of sp³-hybridized carbons (Fsp3) is 0.500. The summed E-state index contributed by atoms with van der Waals surface area (Å²) in [5.41, 5.74) is 1.67. The molecular weight excluding hydrogens is 228 g/mol. The van der Waals surface area contributed by atoms with Gasteiger partial charge in [-0.1, -0.05) is 6.07 Å². The van der Waals surface area contributed by atoms with E-state index in [1.165, 1.54) is 0 Å². The molecule has 0 aliphatic heterocycles. The zero-order chi connectivity index (χ0) is 13.5. The number of rotatable bonds is 6. The van der Waals surface area contributed by atoms with Crippen LogP contribution in [-0.4, -0.2) is 45.1 Å². The van der Waals surface area contributed by atoms with Gasteiger partial charge < -0.3 is 15.0 Å². The van der Waals surface area contributed by atoms with Gasteiger partial charge in [0.15, 0.2) is 0 Å². The number of nitrogens with one attached hydrogen (secondary N) is 1. The van der Waals surface area contributed by atoms with Gasteiger partial charge in [-0.05, 0) is 51.7 Å². The molecule has 100 valence electrons. The molecule has 1 aromatic rings. The first-order chi connectivity index (χ1) is 8.54. The molecule has 0 atom stereocenters. The lowest BCUT2D eigenvalue weighted by molar-refractivity contribution is 0.0952. The summed E-state index contributed by atoms with van der Waals surface area (Å²) < 4.78 is 5.21. The molecule has 0 saturated heterocycles. The largest absolute Gasteiger partial charge is 0.496 e. The van der Waals surface area contributed by atoms with Gasteiger partial charge in [-0.3, -0.25) is 4.79 Å². The minimum Gasteiger partial charge on any atom is -0.496 e. The predicted molar refractivity (Wildman–Crippen MR) is 73.2 cm³/mol. The third-order valence-corrected chi connectivity index (χ3v) is 2.74. The topological polar surface area (TPSA) is 41.6 Å². The summed E-state index contributed by atoms with van der Waals surface area (Å²) in [5, 5.41) is 2.90. The second kappa shape index (κ2) is 7.01. The van der Waals surface area contributed by atoms with Crippen LogP contribution in [0.3, 0.4) is 0 Å². The van der Waals surface area contributed by atoms with Crippen LogP contribution in [0.4, 0.5) is 0 Å². The van der Waals surface area contributed by atoms with E-state index in [1.807, 2.05) is 33.2 Å². The van der Waals surface area contributed by atoms with Gasteiger partial charge in [0.25, 0.3) is 5.91 Å². The summed E-state index contributed by atoms with van der Waals surface area (Å²) in [6.07, 6.45) is 0.946. The van der Waals surface area contributed by atoms with E-state index < -0.39 is 0 Å². The number of hydrogen-bond donors (Lipinski definition) is 1. The van der Waals surface area contributed by atoms with E-state index in [0.29, 0.717) is 12.1 Å². The van der Waals surface area contributed by atoms with Gasteiger partial charge in [-0.2, -0.15) is 0 Å². The molecule has 0 aliphatic carbocycles. The van der Waals surface area contributed by atoms with Crippen LogP contribution >= 0.6 is 0 Å². The van der Waals surface area contributed by atoms with Gasteiger partial charge in [0.1, 0.15) is 5.75 Å². The molecule has 1 rings (SSSR count). The van der Waals surface area contributed by atoms with Gasteiger partial charge >= 0.3 is 0 Å². The van der Waals surface area contributed by atoms with E-state index in [-0.39, 0.29) is 5.91 Å². The Morgan fingerprint density at radius 2 is 2.11 bits per heavy atom. The van der Waals surface area contributed by atoms with Gasteiger partial charge in [0, 0.05) is 12.1 Å². The SMILES string of the molecule is COc1cc(C(=O)NCCCN(C)C)ccc1C. The zero-order valence-corrected chi connectivity index (χ0v) is 11.6. The van der Waals surface area contributed by atoms with Crippen molar-refractivity contribution in [3.05, 3.63) is 29.3 Å². The van der Waals surface area contributed by atoms with Crippen LogP contribution in [0.1, 0.15) is 22.3 Å². The van der Waals surface area contributed by atoms with Crippen molar-refractivity contribution >= 4 is 5.91 Å². The number of nitrogens with zero attached hydrogens (tertiary/aromatic N) is 1. The standard InChI is InChI=1S/C14H22N2O2/c1-11-6-7-12(10-13(11)18-4)14(17)15-8-5-9-16(2)3/h6-7,10H,5,8-9H2,1-4H3,(H,15,17). The molecule has 1 amide bonds. The van der Waals surface area contributed by atoms with Crippen LogP contribution in [0.15, 0.2) is 18.2 Å². The number of aryl methyl sites for hydroxylation is 1. The molecule has 0 aliphatic rings. The maximum absolute atomic E-state index is 11.9. The molecule has 1 N–H and O–H groups in total. The zero-order valence-electron chi connectivity index (χ0n) is 11.6. The normalized spacial score (nSPS) is 10.5. The molecule has 4 heteroatoms. The number of methoxy groups -OCH3 is 1. The number of benzene rings is 1. The lowest BCUT2D eigenvalue weighted by atomic mass is 10.1. The molecule has 4 nitrogen and oxygen atoms in total. The van der Waals surface area contributed by atoms with Crippen molar-refractivity contribution in [3.8, 4) is 5.75 Å². The smallest absolute Gasteiger partial charge is 0.251 e. The number of carbonyl (C=O) groups excluding carboxylic acids is 1. The van der Waals surface area contributed by atoms with Gasteiger partial charge in [-0.25, -0.2) is 0 Å². The van der Waals surface area contributed by atoms with Crippen molar-refractivity contribution in [1.82, 2.24) is 10.2 Å². The molecule has 0 radical (unpaired) electrons. The van der Waals surface area contributed by atoms with Gasteiger partial charge in [0.2, 0.25) is 0 Å². The summed E-state index contributed by atoms with van der Waals surface area (Å²) in [5.74, 6) is 0.697. The maximum atomic E-state index is 11.9. The second-order valence-corrected chi connectivity index (χ2v) is 4.60. The van der Waals surface area contributed by atoms with Crippen LogP contribution in [0.5, 0.6) is 5.75 Å². The molecule has 0 aromatic heterocycles. The molecule has 0 unspecified atom stereocenters. The van der Waals surface area contributed by atoms with Crippen LogP contribution in [-0.2, 0) is 0 Å². The van der Waals surface area contributed by atoms with Crippen molar-refractivity contribution < 1.29 is 9.53 Å². The molecular formula is C14H22N2O2. The average molecular weight is 250 g/mol. The maximum Gasteiger partial charge on any atom is 0.251 e. The lowest BCUT2D eigenvalue weighted by Crippen LogP contribution is -2.27. The van der Waals surface area contributed by atoms with E-state index >= 15 is 0 Å². The van der Waals surface area contributed by atoms with Crippen LogP contribution in [0.2, 0.25) is 0 Å². The predicted octanol–water partition coefficient (Wildman–Crippen LogP) is 1.69. The first-order valence-electron chi connectivity index (χ1n) is 6.12. The minimum atomic E-state index is -0.0490. The van der Waals surface area contributed by atoms with Crippen molar-refractivity contribution in [1.29, 1.82) is 0 Å². The summed E-state index contributed by atoms with van der Waals surface area (Å²) >= 11 is 0. The number of hydrogen-bond acceptors (Lipinski definition) is 3. The third kappa shape index (κ3) is 4.37. The lowest BCUT2D eigenvalue weighted by Gasteiger charge is -2.11. The Kier molecular flexibility index (Phi) is 5.65. The van der Waals surface area contributed by atoms with E-state index in [0.717, 1.165) is 24.3 Å². The second-order valence-electron chi connectivity index (χ2n) is 4.60. The van der Waals surface area contributed by atoms with Crippen molar-refractivity contribution in [2.24, 2.45) is 0 Å². The van der Waals surface area contributed by atoms with E-state index in [9.17, 15) is 4.79 Å². The fourth-order valence-electron chi connectivity index (χ4n) is 1.66. The highest BCUT2D eigenvalue weighted by molar-refractivity contribution is 5.94. The van der Waals surface area contributed by atoms with Crippen LogP contribution in [0, 0.1) is 6.92 Å². The van der Waals surface area contributed by atoms with E-state index in [4.69, 9.17) is 4.74 Å². The Hall–Kier alpha value is -1.55. The molecule has 1 aromatic carbocycles. The number of ether oxygens (including phenoxy) is 1. The molecule has 18 heavy (non-hydrogen) atoms. The van der Waals surface area contributed by atoms with E-state index in [1.54, 1.807) is 13.2 Å². The highest BCUT2D eigenvalue weighted by atomic mass is 16.5. The minimum absolute atomic E-state index is 0.0490. The first kappa shape index (κ1) is 14.5. The van der Waals surface area contributed by atoms with Crippen LogP contribution in [0.25, 0.3) is 0 Å². The first-order valence-corrected chi connectivity index (χ1v) is 6.12. The van der Waals surface area contributed by atoms with Crippen molar-refractivity contribution in [3.63, 3.8) is 0 Å². The Bertz CT molecular complexity index is 403. The molecule has 0 spiro atoms. The highest BCUT2D eigenvalue weighted by Crippen LogP contribution is 2.18. The quantitative estimate of drug-likeness (QED) is 0.781. The highest BCUT2D eigenvalue weighted by Gasteiger charge is 2.07. The Balaban J connectivity index is 2.51. The molecule has 0 fully saturated rings. The van der Waals surface area contributed by atoms with Crippen molar-refractivity contribution in [2.75, 3.05) is 34.3 Å². The Morgan fingerprint density at radius 1 is 1.39 bits per heavy atom. The Labute approximate surface area is 109 Å². The van der Waals surface area contributed by atoms with Gasteiger partial charge in [0.05, 0.1) is 7.11 Å². The summed E-state index contributed by atoms with van der Waals surface area (Å²) in [4.78, 5) is 14.0. The fourth-order valence-corrected chi connectivity index (χ4v) is 1.66. The Morgan fingerprint density at radius 3 is 2.72 bits per heavy atom. The molecule has 0 saturated carbocycles.